The van der Waals surface area contributed by atoms with Crippen molar-refractivity contribution in [3.05, 3.63) is 47.4 Å². The second-order valence-corrected chi connectivity index (χ2v) is 14.2. The fourth-order valence-electron chi connectivity index (χ4n) is 7.14. The molecule has 2 fully saturated rings. The Morgan fingerprint density at radius 3 is 2.61 bits per heavy atom. The number of nitrogens with two attached hydrogens (primary N) is 1. The zero-order valence-electron chi connectivity index (χ0n) is 26.9. The minimum absolute atomic E-state index is 0.0332. The third-order valence-electron chi connectivity index (χ3n) is 9.97. The molecule has 1 aliphatic carbocycles. The van der Waals surface area contributed by atoms with E-state index in [1.165, 1.54) is 17.0 Å². The summed E-state index contributed by atoms with van der Waals surface area (Å²) in [5.74, 6) is -0.462. The van der Waals surface area contributed by atoms with Gasteiger partial charge in [-0.05, 0) is 63.3 Å². The molecular formula is C35H43F2N7O2. The van der Waals surface area contributed by atoms with E-state index in [1.54, 1.807) is 0 Å². The van der Waals surface area contributed by atoms with Gasteiger partial charge in [0.25, 0.3) is 5.91 Å². The normalized spacial score (nSPS) is 24.3. The minimum Gasteiger partial charge on any atom is -0.348 e. The molecule has 1 aromatic carbocycles. The summed E-state index contributed by atoms with van der Waals surface area (Å²) in [6.07, 6.45) is 5.66. The maximum absolute atomic E-state index is 15.7. The molecular weight excluding hydrogens is 588 g/mol. The molecule has 1 saturated carbocycles. The Morgan fingerprint density at radius 1 is 1.07 bits per heavy atom. The van der Waals surface area contributed by atoms with E-state index in [-0.39, 0.29) is 43.1 Å². The van der Waals surface area contributed by atoms with Gasteiger partial charge >= 0.3 is 0 Å². The summed E-state index contributed by atoms with van der Waals surface area (Å²) < 4.78 is 34.3. The van der Waals surface area contributed by atoms with Gasteiger partial charge in [-0.25, -0.2) is 18.7 Å². The molecule has 2 aliphatic heterocycles. The molecule has 5 heterocycles. The van der Waals surface area contributed by atoms with Crippen molar-refractivity contribution in [1.29, 1.82) is 0 Å². The Bertz CT molecular complexity index is 1810. The number of likely N-dealkylation sites (tertiary alicyclic amines) is 1. The number of nitrogens with zero attached hydrogens (tertiary/aromatic N) is 5. The van der Waals surface area contributed by atoms with Crippen molar-refractivity contribution in [3.8, 4) is 11.5 Å². The number of halogens is 2. The standard InChI is InChI=1S/C35H43F2N7O2/c1-20-27-11-8-21-14-30(43(31(21)40-27)13-7-5-4-6-12-35(2,3)34(46)39-20)32-41-28-16-25(26(37)17-29(28)44(32)24-9-10-24)33(45)42-18-22(36)15-23(38)19-42/h8,11,14,16-17,20,22-24H,4-7,9-10,12-13,15,18-19,38H2,1-3H3,(H,39,46)/t20-,22-,23-/m1/s1. The van der Waals surface area contributed by atoms with Gasteiger partial charge in [-0.1, -0.05) is 33.1 Å². The number of fused-ring (bicyclic) bond motifs is 2. The van der Waals surface area contributed by atoms with Gasteiger partial charge in [-0.15, -0.1) is 0 Å². The number of nitrogens with one attached hydrogen (secondary N) is 1. The lowest BCUT2D eigenvalue weighted by Gasteiger charge is -2.33. The molecule has 3 aromatic heterocycles. The number of pyridine rings is 1. The van der Waals surface area contributed by atoms with E-state index in [2.05, 4.69) is 20.5 Å². The Morgan fingerprint density at radius 2 is 1.85 bits per heavy atom. The predicted molar refractivity (Wildman–Crippen MR) is 174 cm³/mol. The van der Waals surface area contributed by atoms with Crippen molar-refractivity contribution in [2.75, 3.05) is 13.1 Å². The van der Waals surface area contributed by atoms with Crippen LogP contribution in [0.15, 0.2) is 30.3 Å². The Balaban J connectivity index is 1.32. The van der Waals surface area contributed by atoms with Gasteiger partial charge in [0.15, 0.2) is 5.82 Å². The maximum atomic E-state index is 15.7. The van der Waals surface area contributed by atoms with Gasteiger partial charge in [0.1, 0.15) is 17.6 Å². The van der Waals surface area contributed by atoms with Gasteiger partial charge in [0.2, 0.25) is 5.91 Å². The molecule has 3 aliphatic rings. The quantitative estimate of drug-likeness (QED) is 0.280. The number of benzene rings is 1. The lowest BCUT2D eigenvalue weighted by Crippen LogP contribution is -2.50. The van der Waals surface area contributed by atoms with Crippen LogP contribution in [0.5, 0.6) is 0 Å². The van der Waals surface area contributed by atoms with Gasteiger partial charge < -0.3 is 25.1 Å². The highest BCUT2D eigenvalue weighted by Crippen LogP contribution is 2.43. The lowest BCUT2D eigenvalue weighted by atomic mass is 9.85. The maximum Gasteiger partial charge on any atom is 0.257 e. The monoisotopic (exact) mass is 631 g/mol. The second-order valence-electron chi connectivity index (χ2n) is 14.2. The Hall–Kier alpha value is -3.86. The van der Waals surface area contributed by atoms with Crippen molar-refractivity contribution >= 4 is 33.9 Å². The van der Waals surface area contributed by atoms with Crippen LogP contribution in [0.25, 0.3) is 33.6 Å². The van der Waals surface area contributed by atoms with Crippen molar-refractivity contribution in [3.63, 3.8) is 0 Å². The van der Waals surface area contributed by atoms with Crippen molar-refractivity contribution in [2.24, 2.45) is 11.1 Å². The van der Waals surface area contributed by atoms with Crippen LogP contribution in [-0.2, 0) is 11.3 Å². The molecule has 7 rings (SSSR count). The number of aryl methyl sites for hydroxylation is 1. The van der Waals surface area contributed by atoms with Gasteiger partial charge in [-0.3, -0.25) is 9.59 Å². The van der Waals surface area contributed by atoms with Crippen LogP contribution in [0.3, 0.4) is 0 Å². The average Bonchev–Trinajstić information content (AvgIpc) is 3.69. The first kappa shape index (κ1) is 30.8. The molecule has 0 radical (unpaired) electrons. The molecule has 11 heteroatoms. The molecule has 1 saturated heterocycles. The molecule has 2 bridgehead atoms. The van der Waals surface area contributed by atoms with Crippen LogP contribution in [0, 0.1) is 11.2 Å². The highest BCUT2D eigenvalue weighted by atomic mass is 19.1. The lowest BCUT2D eigenvalue weighted by molar-refractivity contribution is -0.130. The summed E-state index contributed by atoms with van der Waals surface area (Å²) in [7, 11) is 0. The summed E-state index contributed by atoms with van der Waals surface area (Å²) in [5, 5.41) is 4.14. The highest BCUT2D eigenvalue weighted by molar-refractivity contribution is 5.98. The van der Waals surface area contributed by atoms with Crippen molar-refractivity contribution in [1.82, 2.24) is 29.3 Å². The average molecular weight is 632 g/mol. The zero-order chi connectivity index (χ0) is 32.3. The third kappa shape index (κ3) is 5.67. The van der Waals surface area contributed by atoms with E-state index in [9.17, 15) is 14.0 Å². The number of imidazole rings is 1. The molecule has 0 spiro atoms. The highest BCUT2D eigenvalue weighted by Gasteiger charge is 2.34. The van der Waals surface area contributed by atoms with Crippen LogP contribution >= 0.6 is 0 Å². The second kappa shape index (κ2) is 11.7. The first-order valence-corrected chi connectivity index (χ1v) is 16.7. The number of alkyl halides is 1. The zero-order valence-corrected chi connectivity index (χ0v) is 26.9. The van der Waals surface area contributed by atoms with E-state index in [0.717, 1.165) is 73.9 Å². The van der Waals surface area contributed by atoms with Crippen LogP contribution in [-0.4, -0.2) is 61.1 Å². The molecule has 3 atom stereocenters. The number of piperidine rings is 1. The molecule has 0 unspecified atom stereocenters. The number of hydrogen-bond acceptors (Lipinski definition) is 5. The smallest absolute Gasteiger partial charge is 0.257 e. The van der Waals surface area contributed by atoms with Gasteiger partial charge in [0.05, 0.1) is 40.6 Å². The topological polar surface area (TPSA) is 111 Å². The van der Waals surface area contributed by atoms with E-state index in [1.807, 2.05) is 32.9 Å². The summed E-state index contributed by atoms with van der Waals surface area (Å²) in [4.78, 5) is 38.0. The van der Waals surface area contributed by atoms with Crippen LogP contribution in [0.2, 0.25) is 0 Å². The van der Waals surface area contributed by atoms with E-state index < -0.39 is 29.4 Å². The SMILES string of the molecule is C[C@H]1NC(=O)C(C)(C)CCCCCCn2c(-c3nc4cc(C(=O)N5C[C@H](N)C[C@@H](F)C5)c(F)cc4n3C3CC3)cc3ccc1nc32. The summed E-state index contributed by atoms with van der Waals surface area (Å²) in [6, 6.07) is 8.45. The fraction of sp³-hybridized carbons (Fsp3) is 0.543. The van der Waals surface area contributed by atoms with Gasteiger partial charge in [0, 0.05) is 42.0 Å². The number of rotatable bonds is 3. The van der Waals surface area contributed by atoms with Crippen LogP contribution < -0.4 is 11.1 Å². The largest absolute Gasteiger partial charge is 0.348 e. The molecule has 4 aromatic rings. The third-order valence-corrected chi connectivity index (χ3v) is 9.97. The van der Waals surface area contributed by atoms with E-state index in [4.69, 9.17) is 15.7 Å². The van der Waals surface area contributed by atoms with Crippen molar-refractivity contribution in [2.45, 2.75) is 103 Å². The molecule has 244 valence electrons. The van der Waals surface area contributed by atoms with Crippen LogP contribution in [0.1, 0.15) is 100 Å². The fourth-order valence-corrected chi connectivity index (χ4v) is 7.14. The molecule has 9 nitrogen and oxygen atoms in total. The summed E-state index contributed by atoms with van der Waals surface area (Å²) in [6.45, 7) is 6.81. The predicted octanol–water partition coefficient (Wildman–Crippen LogP) is 6.21. The molecule has 3 N–H and O–H groups in total. The number of aromatic nitrogens is 4. The summed E-state index contributed by atoms with van der Waals surface area (Å²) in [5.41, 5.74) is 9.07. The molecule has 46 heavy (non-hydrogen) atoms. The first-order valence-electron chi connectivity index (χ1n) is 16.7. The number of hydrogen-bond donors (Lipinski definition) is 2. The Kier molecular flexibility index (Phi) is 7.85. The number of carbonyl (C=O) groups is 2. The number of amides is 2. The van der Waals surface area contributed by atoms with E-state index in [0.29, 0.717) is 16.9 Å². The summed E-state index contributed by atoms with van der Waals surface area (Å²) >= 11 is 0. The van der Waals surface area contributed by atoms with E-state index >= 15 is 4.39 Å². The first-order chi connectivity index (χ1) is 22.0. The minimum atomic E-state index is -1.23. The Labute approximate surface area is 267 Å². The molecule has 2 amide bonds. The van der Waals surface area contributed by atoms with Crippen molar-refractivity contribution < 1.29 is 18.4 Å². The number of carbonyl (C=O) groups excluding carboxylic acids is 2. The van der Waals surface area contributed by atoms with Crippen LogP contribution in [0.4, 0.5) is 8.78 Å². The van der Waals surface area contributed by atoms with Gasteiger partial charge in [-0.2, -0.15) is 0 Å².